The van der Waals surface area contributed by atoms with Crippen LogP contribution in [0.4, 0.5) is 0 Å². The van der Waals surface area contributed by atoms with Crippen LogP contribution in [-0.4, -0.2) is 13.7 Å². The average Bonchev–Trinajstić information content (AvgIpc) is 3.78. The molecule has 0 amide bonds. The summed E-state index contributed by atoms with van der Waals surface area (Å²) in [5.41, 5.74) is 11.8. The largest absolute Gasteiger partial charge is 0.309 e. The van der Waals surface area contributed by atoms with Crippen molar-refractivity contribution in [2.24, 2.45) is 0 Å². The summed E-state index contributed by atoms with van der Waals surface area (Å²) in [6.07, 6.45) is 0. The molecule has 3 heterocycles. The van der Waals surface area contributed by atoms with Crippen molar-refractivity contribution >= 4 is 54.6 Å². The van der Waals surface area contributed by atoms with E-state index < -0.39 is 0 Å². The second-order valence-corrected chi connectivity index (χ2v) is 12.2. The first kappa shape index (κ1) is 26.0. The van der Waals surface area contributed by atoms with Crippen LogP contribution in [0, 0.1) is 0 Å². The SMILES string of the molecule is c1ccc(-c2ccc3c(c2)c2c4ccccc4n(-c4ccccc4)c2n3-c2cccc(-n3c4ccccc4c4ccccc43)c2)cc1. The van der Waals surface area contributed by atoms with E-state index in [1.807, 2.05) is 0 Å². The summed E-state index contributed by atoms with van der Waals surface area (Å²) in [6, 6.07) is 63.6. The molecule has 47 heavy (non-hydrogen) atoms. The second kappa shape index (κ2) is 10.1. The summed E-state index contributed by atoms with van der Waals surface area (Å²) in [7, 11) is 0. The van der Waals surface area contributed by atoms with E-state index in [0.29, 0.717) is 0 Å². The van der Waals surface area contributed by atoms with Gasteiger partial charge in [0.05, 0.1) is 22.1 Å². The third-order valence-electron chi connectivity index (χ3n) is 9.62. The van der Waals surface area contributed by atoms with Crippen LogP contribution < -0.4 is 0 Å². The quantitative estimate of drug-likeness (QED) is 0.191. The molecule has 0 saturated carbocycles. The lowest BCUT2D eigenvalue weighted by Crippen LogP contribution is -2.03. The molecule has 0 aliphatic rings. The van der Waals surface area contributed by atoms with Gasteiger partial charge < -0.3 is 4.57 Å². The molecular formula is C44H29N3. The summed E-state index contributed by atoms with van der Waals surface area (Å²) < 4.78 is 7.29. The van der Waals surface area contributed by atoms with Crippen molar-refractivity contribution in [3.63, 3.8) is 0 Å². The van der Waals surface area contributed by atoms with E-state index in [-0.39, 0.29) is 0 Å². The van der Waals surface area contributed by atoms with Crippen LogP contribution in [0.1, 0.15) is 0 Å². The molecule has 10 aromatic rings. The Morgan fingerprint density at radius 3 is 1.45 bits per heavy atom. The van der Waals surface area contributed by atoms with E-state index in [1.54, 1.807) is 0 Å². The van der Waals surface area contributed by atoms with Crippen LogP contribution in [0.15, 0.2) is 176 Å². The molecule has 7 aromatic carbocycles. The van der Waals surface area contributed by atoms with Crippen molar-refractivity contribution in [2.75, 3.05) is 0 Å². The minimum absolute atomic E-state index is 1.12. The second-order valence-electron chi connectivity index (χ2n) is 12.2. The molecule has 3 nitrogen and oxygen atoms in total. The molecular weight excluding hydrogens is 571 g/mol. The third-order valence-corrected chi connectivity index (χ3v) is 9.62. The Morgan fingerprint density at radius 1 is 0.277 bits per heavy atom. The molecule has 220 valence electrons. The topological polar surface area (TPSA) is 14.8 Å². The first-order chi connectivity index (χ1) is 23.3. The third kappa shape index (κ3) is 3.81. The minimum atomic E-state index is 1.12. The number of rotatable bonds is 4. The van der Waals surface area contributed by atoms with E-state index in [4.69, 9.17) is 0 Å². The normalized spacial score (nSPS) is 11.8. The highest BCUT2D eigenvalue weighted by atomic mass is 15.1. The van der Waals surface area contributed by atoms with Crippen LogP contribution in [0.2, 0.25) is 0 Å². The molecule has 0 radical (unpaired) electrons. The summed E-state index contributed by atoms with van der Waals surface area (Å²) in [5, 5.41) is 6.28. The first-order valence-corrected chi connectivity index (χ1v) is 16.1. The van der Waals surface area contributed by atoms with E-state index in [1.165, 1.54) is 60.1 Å². The zero-order valence-electron chi connectivity index (χ0n) is 25.6. The average molecular weight is 600 g/mol. The zero-order valence-corrected chi connectivity index (χ0v) is 25.6. The fourth-order valence-electron chi connectivity index (χ4n) is 7.63. The predicted molar refractivity (Wildman–Crippen MR) is 197 cm³/mol. The zero-order chi connectivity index (χ0) is 30.9. The summed E-state index contributed by atoms with van der Waals surface area (Å²) >= 11 is 0. The van der Waals surface area contributed by atoms with E-state index in [9.17, 15) is 0 Å². The number of benzene rings is 7. The maximum atomic E-state index is 2.46. The smallest absolute Gasteiger partial charge is 0.131 e. The number of hydrogen-bond donors (Lipinski definition) is 0. The molecule has 0 spiro atoms. The first-order valence-electron chi connectivity index (χ1n) is 16.1. The van der Waals surface area contributed by atoms with Gasteiger partial charge in [0.25, 0.3) is 0 Å². The van der Waals surface area contributed by atoms with Crippen molar-refractivity contribution in [3.8, 4) is 28.2 Å². The monoisotopic (exact) mass is 599 g/mol. The van der Waals surface area contributed by atoms with Crippen molar-refractivity contribution < 1.29 is 0 Å². The maximum absolute atomic E-state index is 2.46. The lowest BCUT2D eigenvalue weighted by molar-refractivity contribution is 1.06. The molecule has 0 saturated heterocycles. The molecule has 0 aliphatic heterocycles. The van der Waals surface area contributed by atoms with E-state index in [0.717, 1.165) is 22.7 Å². The van der Waals surface area contributed by atoms with Gasteiger partial charge in [-0.05, 0) is 71.8 Å². The lowest BCUT2D eigenvalue weighted by atomic mass is 10.0. The van der Waals surface area contributed by atoms with Crippen LogP contribution in [0.5, 0.6) is 0 Å². The van der Waals surface area contributed by atoms with Crippen LogP contribution >= 0.6 is 0 Å². The van der Waals surface area contributed by atoms with Gasteiger partial charge in [-0.2, -0.15) is 0 Å². The highest BCUT2D eigenvalue weighted by Gasteiger charge is 2.23. The van der Waals surface area contributed by atoms with Crippen molar-refractivity contribution in [3.05, 3.63) is 176 Å². The van der Waals surface area contributed by atoms with Crippen molar-refractivity contribution in [1.29, 1.82) is 0 Å². The molecule has 0 N–H and O–H groups in total. The Kier molecular flexibility index (Phi) is 5.57. The summed E-state index contributed by atoms with van der Waals surface area (Å²) in [6.45, 7) is 0. The van der Waals surface area contributed by atoms with Crippen LogP contribution in [0.3, 0.4) is 0 Å². The fraction of sp³-hybridized carbons (Fsp3) is 0. The van der Waals surface area contributed by atoms with Gasteiger partial charge in [-0.3, -0.25) is 9.13 Å². The Labute approximate surface area is 271 Å². The molecule has 0 bridgehead atoms. The highest BCUT2D eigenvalue weighted by Crippen LogP contribution is 2.42. The standard InChI is InChI=1S/C44H29N3/c1-3-14-30(15-4-1)31-26-27-42-38(28-31)43-37-22-9-12-25-41(37)46(32-16-5-2-6-17-32)44(43)47(42)34-19-13-18-33(29-34)45-39-23-10-7-20-35(39)36-21-8-11-24-40(36)45/h1-29H. The minimum Gasteiger partial charge on any atom is -0.309 e. The molecule has 3 aromatic heterocycles. The van der Waals surface area contributed by atoms with E-state index in [2.05, 4.69) is 190 Å². The molecule has 0 atom stereocenters. The number of aromatic nitrogens is 3. The van der Waals surface area contributed by atoms with Gasteiger partial charge >= 0.3 is 0 Å². The number of hydrogen-bond acceptors (Lipinski definition) is 0. The molecule has 0 aliphatic carbocycles. The van der Waals surface area contributed by atoms with Gasteiger partial charge in [-0.25, -0.2) is 0 Å². The van der Waals surface area contributed by atoms with Crippen LogP contribution in [0.25, 0.3) is 82.8 Å². The fourth-order valence-corrected chi connectivity index (χ4v) is 7.63. The summed E-state index contributed by atoms with van der Waals surface area (Å²) in [4.78, 5) is 0. The van der Waals surface area contributed by atoms with E-state index >= 15 is 0 Å². The lowest BCUT2D eigenvalue weighted by Gasteiger charge is -2.15. The maximum Gasteiger partial charge on any atom is 0.131 e. The highest BCUT2D eigenvalue weighted by molar-refractivity contribution is 6.23. The van der Waals surface area contributed by atoms with Crippen LogP contribution in [-0.2, 0) is 0 Å². The van der Waals surface area contributed by atoms with Crippen molar-refractivity contribution in [1.82, 2.24) is 13.7 Å². The Bertz CT molecular complexity index is 2720. The number of fused-ring (bicyclic) bond motifs is 8. The van der Waals surface area contributed by atoms with Gasteiger partial charge in [0.15, 0.2) is 0 Å². The molecule has 0 unspecified atom stereocenters. The number of nitrogens with zero attached hydrogens (tertiary/aromatic N) is 3. The van der Waals surface area contributed by atoms with Gasteiger partial charge in [0.1, 0.15) is 5.65 Å². The van der Waals surface area contributed by atoms with Gasteiger partial charge in [-0.1, -0.05) is 115 Å². The van der Waals surface area contributed by atoms with Gasteiger partial charge in [0.2, 0.25) is 0 Å². The Morgan fingerprint density at radius 2 is 0.766 bits per heavy atom. The van der Waals surface area contributed by atoms with Gasteiger partial charge in [0, 0.05) is 44.0 Å². The molecule has 0 fully saturated rings. The number of para-hydroxylation sites is 4. The van der Waals surface area contributed by atoms with Crippen molar-refractivity contribution in [2.45, 2.75) is 0 Å². The summed E-state index contributed by atoms with van der Waals surface area (Å²) in [5.74, 6) is 0. The Hall–Kier alpha value is -6.32. The predicted octanol–water partition coefficient (Wildman–Crippen LogP) is 11.5. The Balaban J connectivity index is 1.33. The molecule has 10 rings (SSSR count). The van der Waals surface area contributed by atoms with Gasteiger partial charge in [-0.15, -0.1) is 0 Å². The molecule has 3 heteroatoms.